The maximum absolute atomic E-state index is 11.6. The first-order valence-corrected chi connectivity index (χ1v) is 5.07. The molecule has 1 fully saturated rings. The Morgan fingerprint density at radius 2 is 2.31 bits per heavy atom. The summed E-state index contributed by atoms with van der Waals surface area (Å²) in [6, 6.07) is 1.81. The van der Waals surface area contributed by atoms with Crippen LogP contribution < -0.4 is 5.32 Å². The van der Waals surface area contributed by atoms with Crippen LogP contribution in [0.25, 0.3) is 0 Å². The van der Waals surface area contributed by atoms with Gasteiger partial charge in [0.15, 0.2) is 0 Å². The van der Waals surface area contributed by atoms with E-state index in [-0.39, 0.29) is 6.54 Å². The molecule has 1 aromatic heterocycles. The molecule has 1 aromatic rings. The van der Waals surface area contributed by atoms with Crippen LogP contribution in [0.15, 0.2) is 6.07 Å². The van der Waals surface area contributed by atoms with Gasteiger partial charge in [-0.2, -0.15) is 5.10 Å². The summed E-state index contributed by atoms with van der Waals surface area (Å²) in [6.07, 6.45) is 0.849. The van der Waals surface area contributed by atoms with Crippen molar-refractivity contribution in [2.75, 3.05) is 0 Å². The Morgan fingerprint density at radius 1 is 1.62 bits per heavy atom. The number of aryl methyl sites for hydroxylation is 1. The number of aromatic amines is 1. The molecule has 0 bridgehead atoms. The summed E-state index contributed by atoms with van der Waals surface area (Å²) >= 11 is 0. The van der Waals surface area contributed by atoms with Crippen LogP contribution in [-0.4, -0.2) is 27.2 Å². The molecular formula is C10H13N3O3. The molecule has 0 spiro atoms. The number of amides is 1. The highest BCUT2D eigenvalue weighted by Crippen LogP contribution is 2.46. The fraction of sp³-hybridized carbons (Fsp3) is 0.500. The van der Waals surface area contributed by atoms with Crippen LogP contribution in [-0.2, 0) is 16.1 Å². The Labute approximate surface area is 92.0 Å². The number of rotatable bonds is 4. The first kappa shape index (κ1) is 10.7. The second-order valence-corrected chi connectivity index (χ2v) is 4.11. The quantitative estimate of drug-likeness (QED) is 0.635. The number of H-pyrrole nitrogens is 1. The van der Waals surface area contributed by atoms with Crippen molar-refractivity contribution < 1.29 is 14.7 Å². The smallest absolute Gasteiger partial charge is 0.319 e. The van der Waals surface area contributed by atoms with E-state index in [1.165, 1.54) is 0 Å². The van der Waals surface area contributed by atoms with E-state index in [1.54, 1.807) is 6.07 Å². The highest BCUT2D eigenvalue weighted by atomic mass is 16.4. The van der Waals surface area contributed by atoms with Gasteiger partial charge in [0.05, 0.1) is 12.2 Å². The van der Waals surface area contributed by atoms with E-state index in [0.717, 1.165) is 5.69 Å². The van der Waals surface area contributed by atoms with Crippen molar-refractivity contribution >= 4 is 11.9 Å². The van der Waals surface area contributed by atoms with E-state index >= 15 is 0 Å². The molecule has 1 aliphatic rings. The number of carbonyl (C=O) groups is 2. The fourth-order valence-corrected chi connectivity index (χ4v) is 1.57. The second-order valence-electron chi connectivity index (χ2n) is 4.11. The van der Waals surface area contributed by atoms with Gasteiger partial charge in [-0.05, 0) is 25.8 Å². The minimum atomic E-state index is -1.18. The van der Waals surface area contributed by atoms with Gasteiger partial charge in [-0.3, -0.25) is 14.7 Å². The molecule has 0 aliphatic heterocycles. The zero-order valence-electron chi connectivity index (χ0n) is 8.91. The molecule has 0 saturated heterocycles. The molecule has 1 aliphatic carbocycles. The van der Waals surface area contributed by atoms with Crippen molar-refractivity contribution in [2.45, 2.75) is 26.3 Å². The fourth-order valence-electron chi connectivity index (χ4n) is 1.57. The van der Waals surface area contributed by atoms with Gasteiger partial charge in [-0.15, -0.1) is 0 Å². The lowest BCUT2D eigenvalue weighted by atomic mass is 10.1. The summed E-state index contributed by atoms with van der Waals surface area (Å²) in [5, 5.41) is 18.2. The van der Waals surface area contributed by atoms with Gasteiger partial charge in [0.1, 0.15) is 5.41 Å². The molecule has 6 heteroatoms. The van der Waals surface area contributed by atoms with Crippen molar-refractivity contribution in [3.8, 4) is 0 Å². The Balaban J connectivity index is 1.92. The van der Waals surface area contributed by atoms with Gasteiger partial charge in [0.2, 0.25) is 5.91 Å². The van der Waals surface area contributed by atoms with E-state index < -0.39 is 17.3 Å². The number of carboxylic acid groups (broad SMARTS) is 1. The molecule has 0 atom stereocenters. The summed E-state index contributed by atoms with van der Waals surface area (Å²) in [5.74, 6) is -1.45. The number of aromatic nitrogens is 2. The molecule has 1 saturated carbocycles. The largest absolute Gasteiger partial charge is 0.480 e. The second kappa shape index (κ2) is 3.62. The van der Waals surface area contributed by atoms with E-state index in [9.17, 15) is 9.59 Å². The topological polar surface area (TPSA) is 95.1 Å². The summed E-state index contributed by atoms with van der Waals surface area (Å²) in [7, 11) is 0. The molecule has 1 heterocycles. The molecule has 0 aromatic carbocycles. The van der Waals surface area contributed by atoms with Gasteiger partial charge in [-0.25, -0.2) is 0 Å². The number of aliphatic carboxylic acids is 1. The lowest BCUT2D eigenvalue weighted by Crippen LogP contribution is -2.36. The lowest BCUT2D eigenvalue weighted by molar-refractivity contribution is -0.149. The zero-order chi connectivity index (χ0) is 11.8. The average Bonchev–Trinajstić information content (AvgIpc) is 2.95. The maximum atomic E-state index is 11.6. The Kier molecular flexibility index (Phi) is 2.41. The van der Waals surface area contributed by atoms with E-state index in [1.807, 2.05) is 6.92 Å². The molecule has 1 amide bonds. The van der Waals surface area contributed by atoms with Crippen LogP contribution in [0.4, 0.5) is 0 Å². The molecule has 16 heavy (non-hydrogen) atoms. The highest BCUT2D eigenvalue weighted by molar-refractivity contribution is 6.04. The zero-order valence-corrected chi connectivity index (χ0v) is 8.91. The third-order valence-corrected chi connectivity index (χ3v) is 2.78. The van der Waals surface area contributed by atoms with Gasteiger partial charge in [0, 0.05) is 5.69 Å². The van der Waals surface area contributed by atoms with Crippen LogP contribution in [0.5, 0.6) is 0 Å². The number of carbonyl (C=O) groups excluding carboxylic acids is 1. The van der Waals surface area contributed by atoms with Crippen molar-refractivity contribution in [2.24, 2.45) is 5.41 Å². The predicted octanol–water partition coefficient (Wildman–Crippen LogP) is 0.199. The maximum Gasteiger partial charge on any atom is 0.319 e. The molecule has 6 nitrogen and oxygen atoms in total. The summed E-state index contributed by atoms with van der Waals surface area (Å²) in [4.78, 5) is 22.5. The number of nitrogens with zero attached hydrogens (tertiary/aromatic N) is 1. The van der Waals surface area contributed by atoms with Crippen molar-refractivity contribution in [3.63, 3.8) is 0 Å². The van der Waals surface area contributed by atoms with Gasteiger partial charge in [0.25, 0.3) is 0 Å². The highest BCUT2D eigenvalue weighted by Gasteiger charge is 2.56. The number of hydrogen-bond donors (Lipinski definition) is 3. The SMILES string of the molecule is Cc1cc(CNC(=O)C2(C(=O)O)CC2)n[nH]1. The Morgan fingerprint density at radius 3 is 2.75 bits per heavy atom. The van der Waals surface area contributed by atoms with E-state index in [4.69, 9.17) is 5.11 Å². The lowest BCUT2D eigenvalue weighted by Gasteiger charge is -2.09. The van der Waals surface area contributed by atoms with Gasteiger partial charge >= 0.3 is 5.97 Å². The minimum Gasteiger partial charge on any atom is -0.480 e. The normalized spacial score (nSPS) is 16.8. The van der Waals surface area contributed by atoms with Crippen LogP contribution in [0, 0.1) is 12.3 Å². The molecule has 3 N–H and O–H groups in total. The molecule has 0 unspecified atom stereocenters. The summed E-state index contributed by atoms with van der Waals surface area (Å²) in [5.41, 5.74) is 0.432. The van der Waals surface area contributed by atoms with Crippen molar-refractivity contribution in [1.29, 1.82) is 0 Å². The number of nitrogens with one attached hydrogen (secondary N) is 2. The van der Waals surface area contributed by atoms with Crippen LogP contribution in [0.3, 0.4) is 0 Å². The molecule has 86 valence electrons. The first-order chi connectivity index (χ1) is 7.54. The molecular weight excluding hydrogens is 210 g/mol. The number of hydrogen-bond acceptors (Lipinski definition) is 3. The first-order valence-electron chi connectivity index (χ1n) is 5.07. The van der Waals surface area contributed by atoms with Crippen LogP contribution in [0.2, 0.25) is 0 Å². The minimum absolute atomic E-state index is 0.262. The average molecular weight is 223 g/mol. The Bertz CT molecular complexity index is 434. The monoisotopic (exact) mass is 223 g/mol. The molecule has 2 rings (SSSR count). The van der Waals surface area contributed by atoms with Gasteiger partial charge < -0.3 is 10.4 Å². The van der Waals surface area contributed by atoms with Crippen LogP contribution >= 0.6 is 0 Å². The summed E-state index contributed by atoms with van der Waals surface area (Å²) in [6.45, 7) is 2.12. The third-order valence-electron chi connectivity index (χ3n) is 2.78. The molecule has 0 radical (unpaired) electrons. The van der Waals surface area contributed by atoms with Crippen molar-refractivity contribution in [1.82, 2.24) is 15.5 Å². The Hall–Kier alpha value is -1.85. The third kappa shape index (κ3) is 1.78. The standard InChI is InChI=1S/C10H13N3O3/c1-6-4-7(13-12-6)5-11-8(14)10(2-3-10)9(15)16/h4H,2-3,5H2,1H3,(H,11,14)(H,12,13)(H,15,16). The number of carboxylic acids is 1. The van der Waals surface area contributed by atoms with E-state index in [0.29, 0.717) is 18.5 Å². The van der Waals surface area contributed by atoms with E-state index in [2.05, 4.69) is 15.5 Å². The summed E-state index contributed by atoms with van der Waals surface area (Å²) < 4.78 is 0. The van der Waals surface area contributed by atoms with Crippen molar-refractivity contribution in [3.05, 3.63) is 17.5 Å². The van der Waals surface area contributed by atoms with Crippen LogP contribution in [0.1, 0.15) is 24.2 Å². The predicted molar refractivity (Wildman–Crippen MR) is 54.5 cm³/mol. The van der Waals surface area contributed by atoms with Gasteiger partial charge in [-0.1, -0.05) is 0 Å².